The lowest BCUT2D eigenvalue weighted by atomic mass is 10.1. The Morgan fingerprint density at radius 1 is 0.548 bits per heavy atom. The van der Waals surface area contributed by atoms with Gasteiger partial charge < -0.3 is 0 Å². The molecule has 0 saturated heterocycles. The van der Waals surface area contributed by atoms with Crippen molar-refractivity contribution in [3.8, 4) is 0 Å². The van der Waals surface area contributed by atoms with Gasteiger partial charge in [-0.25, -0.2) is 30.0 Å². The maximum absolute atomic E-state index is 15.1. The summed E-state index contributed by atoms with van der Waals surface area (Å²) in [7, 11) is -14.1. The Morgan fingerprint density at radius 2 is 0.905 bits per heavy atom. The van der Waals surface area contributed by atoms with E-state index in [1.807, 2.05) is 0 Å². The number of benzene rings is 3. The second-order valence-corrected chi connectivity index (χ2v) is 12.3. The second-order valence-electron chi connectivity index (χ2n) is 7.95. The molecule has 232 valence electrons. The summed E-state index contributed by atoms with van der Waals surface area (Å²) in [5, 5.41) is -7.67. The lowest BCUT2D eigenvalue weighted by molar-refractivity contribution is -0.382. The highest BCUT2D eigenvalue weighted by molar-refractivity contribution is 8.33. The van der Waals surface area contributed by atoms with E-state index in [0.29, 0.717) is 12.1 Å². The molecule has 0 aliphatic heterocycles. The van der Waals surface area contributed by atoms with Crippen molar-refractivity contribution in [1.82, 2.24) is 0 Å². The summed E-state index contributed by atoms with van der Waals surface area (Å²) in [4.78, 5) is -5.72. The SMILES string of the molecule is O=S(=O)(OS(c1ccccc1)(c1c(F)cc(F)cc1F)c1c(F)cc(F)cc1F)C(F)(F)C(F)(F)C(F)(F)C(F)(F)F. The van der Waals surface area contributed by atoms with Crippen molar-refractivity contribution < 1.29 is 77.9 Å². The van der Waals surface area contributed by atoms with E-state index in [9.17, 15) is 56.7 Å². The molecule has 0 amide bonds. The van der Waals surface area contributed by atoms with E-state index in [4.69, 9.17) is 0 Å². The van der Waals surface area contributed by atoms with Crippen LogP contribution in [0.5, 0.6) is 0 Å². The summed E-state index contributed by atoms with van der Waals surface area (Å²) in [6, 6.07) is 1.96. The van der Waals surface area contributed by atoms with Crippen LogP contribution in [0.4, 0.5) is 65.9 Å². The minimum Gasteiger partial charge on any atom is -0.207 e. The van der Waals surface area contributed by atoms with Crippen LogP contribution in [-0.2, 0) is 13.7 Å². The Bertz CT molecular complexity index is 1500. The molecule has 0 bridgehead atoms. The van der Waals surface area contributed by atoms with Gasteiger partial charge in [-0.15, -0.1) is 0 Å². The molecule has 0 fully saturated rings. The molecule has 3 nitrogen and oxygen atoms in total. The van der Waals surface area contributed by atoms with Crippen LogP contribution in [0.25, 0.3) is 0 Å². The van der Waals surface area contributed by atoms with Gasteiger partial charge in [0.15, 0.2) is 0 Å². The Morgan fingerprint density at radius 3 is 1.24 bits per heavy atom. The first-order valence-corrected chi connectivity index (χ1v) is 13.3. The van der Waals surface area contributed by atoms with E-state index in [1.165, 1.54) is 0 Å². The molecule has 0 spiro atoms. The van der Waals surface area contributed by atoms with E-state index in [2.05, 4.69) is 3.63 Å². The third-order valence-electron chi connectivity index (χ3n) is 5.20. The molecule has 3 aromatic carbocycles. The normalized spacial score (nSPS) is 14.3. The van der Waals surface area contributed by atoms with Gasteiger partial charge >= 0.3 is 33.4 Å². The number of hydrogen-bond donors (Lipinski definition) is 0. The van der Waals surface area contributed by atoms with Gasteiger partial charge in [0.2, 0.25) is 0 Å². The lowest BCUT2D eigenvalue weighted by Gasteiger charge is -2.41. The fourth-order valence-electron chi connectivity index (χ4n) is 3.36. The largest absolute Gasteiger partial charge is 0.460 e. The molecule has 20 heteroatoms. The first kappa shape index (κ1) is 33.4. The predicted molar refractivity (Wildman–Crippen MR) is 112 cm³/mol. The summed E-state index contributed by atoms with van der Waals surface area (Å²) in [6.45, 7) is 0. The number of rotatable bonds is 8. The zero-order valence-electron chi connectivity index (χ0n) is 19.4. The summed E-state index contributed by atoms with van der Waals surface area (Å²) in [6.07, 6.45) is -7.54. The van der Waals surface area contributed by atoms with Gasteiger partial charge in [-0.3, -0.25) is 0 Å². The van der Waals surface area contributed by atoms with Gasteiger partial charge in [0.05, 0.1) is 9.79 Å². The van der Waals surface area contributed by atoms with Crippen molar-refractivity contribution in [2.45, 2.75) is 38.0 Å². The zero-order valence-corrected chi connectivity index (χ0v) is 21.0. The van der Waals surface area contributed by atoms with Gasteiger partial charge in [-0.05, 0) is 22.4 Å². The van der Waals surface area contributed by atoms with Crippen LogP contribution in [0, 0.1) is 34.9 Å². The lowest BCUT2D eigenvalue weighted by Crippen LogP contribution is -2.63. The van der Waals surface area contributed by atoms with Gasteiger partial charge in [-0.1, -0.05) is 18.2 Å². The third-order valence-corrected chi connectivity index (χ3v) is 10.5. The molecule has 42 heavy (non-hydrogen) atoms. The standard InChI is InChI=1S/C22H9F15O3S2/c23-10-6-13(25)17(14(26)7-10)41(12-4-2-1-3-5-12,18-15(27)8-11(24)9-16(18)28)40-42(38,39)22(36,37)20(31,32)19(29,30)21(33,34)35/h1-9H. The number of alkyl halides is 9. The van der Waals surface area contributed by atoms with Crippen LogP contribution < -0.4 is 0 Å². The quantitative estimate of drug-likeness (QED) is 0.226. The predicted octanol–water partition coefficient (Wildman–Crippen LogP) is 8.49. The fraction of sp³-hybridized carbons (Fsp3) is 0.182. The van der Waals surface area contributed by atoms with Gasteiger partial charge in [0, 0.05) is 29.2 Å². The highest BCUT2D eigenvalue weighted by Gasteiger charge is 2.86. The van der Waals surface area contributed by atoms with Gasteiger partial charge in [0.1, 0.15) is 34.9 Å². The number of halogens is 15. The van der Waals surface area contributed by atoms with Crippen LogP contribution in [0.15, 0.2) is 69.3 Å². The van der Waals surface area contributed by atoms with Crippen molar-refractivity contribution in [3.63, 3.8) is 0 Å². The summed E-state index contributed by atoms with van der Waals surface area (Å²) in [5.41, 5.74) is 0. The molecule has 3 rings (SSSR count). The Hall–Kier alpha value is -3.13. The van der Waals surface area contributed by atoms with E-state index in [1.54, 1.807) is 0 Å². The maximum atomic E-state index is 15.1. The third kappa shape index (κ3) is 5.06. The second kappa shape index (κ2) is 10.5. The van der Waals surface area contributed by atoms with Crippen LogP contribution in [-0.4, -0.2) is 31.7 Å². The molecular weight excluding hydrogens is 661 g/mol. The summed E-state index contributed by atoms with van der Waals surface area (Å²) in [5.74, 6) is -29.1. The van der Waals surface area contributed by atoms with Crippen LogP contribution in [0.1, 0.15) is 0 Å². The number of hydrogen-bond acceptors (Lipinski definition) is 3. The molecule has 0 saturated carbocycles. The minimum absolute atomic E-state index is 0.344. The minimum atomic E-state index is -8.13. The van der Waals surface area contributed by atoms with Crippen molar-refractivity contribution in [3.05, 3.63) is 89.5 Å². The van der Waals surface area contributed by atoms with E-state index >= 15 is 17.6 Å². The summed E-state index contributed by atoms with van der Waals surface area (Å²) < 4.78 is 239. The zero-order chi connectivity index (χ0) is 32.3. The topological polar surface area (TPSA) is 43.4 Å². The fourth-order valence-corrected chi connectivity index (χ4v) is 8.63. The molecule has 0 aliphatic rings. The molecule has 0 aliphatic carbocycles. The first-order valence-electron chi connectivity index (χ1n) is 10.3. The maximum Gasteiger partial charge on any atom is 0.460 e. The van der Waals surface area contributed by atoms with Crippen LogP contribution in [0.3, 0.4) is 0 Å². The monoisotopic (exact) mass is 670 g/mol. The molecule has 0 unspecified atom stereocenters. The van der Waals surface area contributed by atoms with E-state index in [-0.39, 0.29) is 24.3 Å². The highest BCUT2D eigenvalue weighted by atomic mass is 32.3. The average Bonchev–Trinajstić information content (AvgIpc) is 2.81. The molecule has 0 heterocycles. The van der Waals surface area contributed by atoms with Crippen molar-refractivity contribution in [2.75, 3.05) is 0 Å². The van der Waals surface area contributed by atoms with Crippen molar-refractivity contribution >= 4 is 20.4 Å². The molecule has 0 radical (unpaired) electrons. The van der Waals surface area contributed by atoms with Gasteiger partial charge in [-0.2, -0.15) is 47.9 Å². The van der Waals surface area contributed by atoms with Crippen molar-refractivity contribution in [1.29, 1.82) is 0 Å². The molecule has 3 aromatic rings. The molecule has 0 N–H and O–H groups in total. The van der Waals surface area contributed by atoms with Crippen molar-refractivity contribution in [2.24, 2.45) is 0 Å². The van der Waals surface area contributed by atoms with E-state index < -0.39 is 93.3 Å². The molecule has 0 atom stereocenters. The molecule has 0 aromatic heterocycles. The highest BCUT2D eigenvalue weighted by Crippen LogP contribution is 2.73. The Kier molecular flexibility index (Phi) is 8.38. The Balaban J connectivity index is 2.56. The summed E-state index contributed by atoms with van der Waals surface area (Å²) >= 11 is 0. The average molecular weight is 670 g/mol. The van der Waals surface area contributed by atoms with Crippen LogP contribution >= 0.6 is 10.3 Å². The smallest absolute Gasteiger partial charge is 0.207 e. The first-order chi connectivity index (χ1) is 19.0. The van der Waals surface area contributed by atoms with Crippen LogP contribution in [0.2, 0.25) is 0 Å². The molecular formula is C22H9F15O3S2. The Labute approximate surface area is 226 Å². The van der Waals surface area contributed by atoms with E-state index in [0.717, 1.165) is 18.2 Å². The van der Waals surface area contributed by atoms with Gasteiger partial charge in [0.25, 0.3) is 0 Å².